The fourth-order valence-electron chi connectivity index (χ4n) is 1.95. The van der Waals surface area contributed by atoms with Gasteiger partial charge in [0.05, 0.1) is 22.4 Å². The first-order valence-electron chi connectivity index (χ1n) is 6.70. The topological polar surface area (TPSA) is 170 Å². The number of rotatable bonds is 6. The quantitative estimate of drug-likeness (QED) is 0.317. The smallest absolute Gasteiger partial charge is 0.337 e. The molecule has 0 saturated heterocycles. The second-order valence-corrected chi connectivity index (χ2v) is 7.68. The number of carbonyl (C=O) groups is 1. The minimum Gasteiger partial charge on any atom is -0.478 e. The molecule has 0 fully saturated rings. The van der Waals surface area contributed by atoms with Gasteiger partial charge in [-0.05, 0) is 24.3 Å². The van der Waals surface area contributed by atoms with Crippen LogP contribution in [0.1, 0.15) is 15.9 Å². The molecule has 2 aromatic rings. The maximum absolute atomic E-state index is 11.3. The summed E-state index contributed by atoms with van der Waals surface area (Å²) in [6.07, 6.45) is 1.03. The van der Waals surface area contributed by atoms with Crippen LogP contribution in [0.5, 0.6) is 0 Å². The molecular formula is C14H12N2O8S2. The van der Waals surface area contributed by atoms with Crippen LogP contribution >= 0.6 is 0 Å². The number of hydrogen-bond acceptors (Lipinski definition) is 7. The van der Waals surface area contributed by atoms with E-state index in [0.717, 1.165) is 30.5 Å². The van der Waals surface area contributed by atoms with E-state index in [0.29, 0.717) is 0 Å². The molecule has 0 saturated carbocycles. The third-order valence-electron chi connectivity index (χ3n) is 3.10. The SMILES string of the molecule is O=C(O)c1cc(S(=O)(=O)O)ccc1N/N=C/c1ccccc1S(=O)(=O)O. The predicted octanol–water partition coefficient (Wildman–Crippen LogP) is 1.32. The van der Waals surface area contributed by atoms with Crippen LogP contribution in [0.3, 0.4) is 0 Å². The summed E-state index contributed by atoms with van der Waals surface area (Å²) in [6.45, 7) is 0. The molecule has 26 heavy (non-hydrogen) atoms. The molecule has 2 rings (SSSR count). The molecule has 0 amide bonds. The number of nitrogens with one attached hydrogen (secondary N) is 1. The number of hydrazone groups is 1. The van der Waals surface area contributed by atoms with Gasteiger partial charge < -0.3 is 5.11 Å². The number of benzene rings is 2. The van der Waals surface area contributed by atoms with Gasteiger partial charge in [0.2, 0.25) is 0 Å². The molecule has 0 spiro atoms. The van der Waals surface area contributed by atoms with Crippen molar-refractivity contribution in [3.8, 4) is 0 Å². The van der Waals surface area contributed by atoms with E-state index in [-0.39, 0.29) is 11.3 Å². The van der Waals surface area contributed by atoms with Crippen molar-refractivity contribution in [1.82, 2.24) is 0 Å². The van der Waals surface area contributed by atoms with Gasteiger partial charge in [-0.25, -0.2) is 4.79 Å². The Bertz CT molecular complexity index is 1090. The Morgan fingerprint density at radius 2 is 1.65 bits per heavy atom. The average molecular weight is 400 g/mol. The summed E-state index contributed by atoms with van der Waals surface area (Å²) < 4.78 is 62.8. The lowest BCUT2D eigenvalue weighted by Crippen LogP contribution is -2.07. The van der Waals surface area contributed by atoms with E-state index in [1.165, 1.54) is 18.2 Å². The first kappa shape index (κ1) is 19.5. The fourth-order valence-corrected chi connectivity index (χ4v) is 3.13. The summed E-state index contributed by atoms with van der Waals surface area (Å²) in [7, 11) is -9.06. The van der Waals surface area contributed by atoms with E-state index in [1.807, 2.05) is 0 Å². The molecule has 2 aromatic carbocycles. The maximum Gasteiger partial charge on any atom is 0.337 e. The van der Waals surface area contributed by atoms with E-state index in [9.17, 15) is 21.6 Å². The van der Waals surface area contributed by atoms with Crippen molar-refractivity contribution >= 4 is 38.1 Å². The van der Waals surface area contributed by atoms with Crippen molar-refractivity contribution in [2.45, 2.75) is 9.79 Å². The Labute approximate surface area is 148 Å². The van der Waals surface area contributed by atoms with Crippen LogP contribution < -0.4 is 5.43 Å². The molecule has 0 heterocycles. The lowest BCUT2D eigenvalue weighted by molar-refractivity contribution is 0.0697. The third kappa shape index (κ3) is 4.64. The molecule has 12 heteroatoms. The molecule has 0 radical (unpaired) electrons. The Morgan fingerprint density at radius 1 is 1.00 bits per heavy atom. The average Bonchev–Trinajstić information content (AvgIpc) is 2.53. The van der Waals surface area contributed by atoms with Crippen molar-refractivity contribution < 1.29 is 35.8 Å². The summed E-state index contributed by atoms with van der Waals surface area (Å²) in [5.74, 6) is -1.48. The van der Waals surface area contributed by atoms with Gasteiger partial charge in [0.1, 0.15) is 4.90 Å². The number of carboxylic acid groups (broad SMARTS) is 1. The summed E-state index contributed by atoms with van der Waals surface area (Å²) in [4.78, 5) is 10.2. The monoisotopic (exact) mass is 400 g/mol. The second-order valence-electron chi connectivity index (χ2n) is 4.87. The van der Waals surface area contributed by atoms with Crippen LogP contribution in [0.25, 0.3) is 0 Å². The van der Waals surface area contributed by atoms with Crippen LogP contribution in [0, 0.1) is 0 Å². The highest BCUT2D eigenvalue weighted by Crippen LogP contribution is 2.21. The van der Waals surface area contributed by atoms with E-state index in [1.54, 1.807) is 0 Å². The Morgan fingerprint density at radius 3 is 2.23 bits per heavy atom. The number of aromatic carboxylic acids is 1. The number of carboxylic acids is 1. The predicted molar refractivity (Wildman–Crippen MR) is 90.7 cm³/mol. The number of anilines is 1. The first-order chi connectivity index (χ1) is 12.0. The van der Waals surface area contributed by atoms with Gasteiger partial charge in [0, 0.05) is 5.56 Å². The van der Waals surface area contributed by atoms with Gasteiger partial charge >= 0.3 is 5.97 Å². The Balaban J connectivity index is 2.36. The molecular weight excluding hydrogens is 388 g/mol. The molecule has 4 N–H and O–H groups in total. The summed E-state index contributed by atoms with van der Waals surface area (Å²) >= 11 is 0. The molecule has 0 aromatic heterocycles. The lowest BCUT2D eigenvalue weighted by Gasteiger charge is -2.07. The van der Waals surface area contributed by atoms with Gasteiger partial charge in [-0.15, -0.1) is 0 Å². The third-order valence-corrected chi connectivity index (χ3v) is 4.88. The standard InChI is InChI=1S/C14H12N2O8S2/c17-14(18)11-7-10(25(19,20)21)5-6-12(11)16-15-8-9-3-1-2-4-13(9)26(22,23)24/h1-8,16H,(H,17,18)(H,19,20,21)(H,22,23,24)/b15-8+. The Hall–Kier alpha value is -2.80. The van der Waals surface area contributed by atoms with E-state index in [4.69, 9.17) is 14.2 Å². The van der Waals surface area contributed by atoms with Crippen LogP contribution in [0.4, 0.5) is 5.69 Å². The molecule has 0 aliphatic carbocycles. The first-order valence-corrected chi connectivity index (χ1v) is 9.58. The van der Waals surface area contributed by atoms with Crippen molar-refractivity contribution in [3.63, 3.8) is 0 Å². The summed E-state index contributed by atoms with van der Waals surface area (Å²) in [5.41, 5.74) is 1.78. The van der Waals surface area contributed by atoms with Gasteiger partial charge in [-0.1, -0.05) is 18.2 Å². The molecule has 0 atom stereocenters. The van der Waals surface area contributed by atoms with Gasteiger partial charge in [0.25, 0.3) is 20.2 Å². The molecule has 10 nitrogen and oxygen atoms in total. The summed E-state index contributed by atoms with van der Waals surface area (Å²) in [5, 5.41) is 12.8. The molecule has 0 aliphatic rings. The zero-order valence-corrected chi connectivity index (χ0v) is 14.4. The van der Waals surface area contributed by atoms with Crippen LogP contribution in [-0.2, 0) is 20.2 Å². The van der Waals surface area contributed by atoms with Crippen LogP contribution in [-0.4, -0.2) is 43.2 Å². The van der Waals surface area contributed by atoms with Gasteiger partial charge in [0.15, 0.2) is 0 Å². The van der Waals surface area contributed by atoms with E-state index in [2.05, 4.69) is 10.5 Å². The van der Waals surface area contributed by atoms with Crippen LogP contribution in [0.15, 0.2) is 57.4 Å². The molecule has 138 valence electrons. The molecule has 0 aliphatic heterocycles. The van der Waals surface area contributed by atoms with Crippen molar-refractivity contribution in [2.75, 3.05) is 5.43 Å². The highest BCUT2D eigenvalue weighted by molar-refractivity contribution is 7.86. The van der Waals surface area contributed by atoms with Crippen molar-refractivity contribution in [1.29, 1.82) is 0 Å². The molecule has 0 bridgehead atoms. The van der Waals surface area contributed by atoms with Crippen molar-refractivity contribution in [3.05, 3.63) is 53.6 Å². The second kappa shape index (κ2) is 7.21. The number of nitrogens with zero attached hydrogens (tertiary/aromatic N) is 1. The van der Waals surface area contributed by atoms with Crippen molar-refractivity contribution in [2.24, 2.45) is 5.10 Å². The number of hydrogen-bond donors (Lipinski definition) is 4. The highest BCUT2D eigenvalue weighted by Gasteiger charge is 2.17. The largest absolute Gasteiger partial charge is 0.478 e. The highest BCUT2D eigenvalue weighted by atomic mass is 32.2. The Kier molecular flexibility index (Phi) is 5.41. The summed E-state index contributed by atoms with van der Waals surface area (Å²) in [6, 6.07) is 8.17. The zero-order valence-electron chi connectivity index (χ0n) is 12.8. The van der Waals surface area contributed by atoms with Gasteiger partial charge in [-0.2, -0.15) is 21.9 Å². The zero-order chi connectivity index (χ0) is 19.5. The van der Waals surface area contributed by atoms with Crippen LogP contribution in [0.2, 0.25) is 0 Å². The maximum atomic E-state index is 11.3. The molecule has 0 unspecified atom stereocenters. The van der Waals surface area contributed by atoms with E-state index < -0.39 is 41.6 Å². The fraction of sp³-hybridized carbons (Fsp3) is 0. The van der Waals surface area contributed by atoms with E-state index >= 15 is 0 Å². The minimum absolute atomic E-state index is 0.0360. The lowest BCUT2D eigenvalue weighted by atomic mass is 10.2. The minimum atomic E-state index is -4.59. The normalized spacial score (nSPS) is 12.2. The van der Waals surface area contributed by atoms with Gasteiger partial charge in [-0.3, -0.25) is 14.5 Å².